The van der Waals surface area contributed by atoms with Crippen molar-refractivity contribution in [3.05, 3.63) is 81.8 Å². The van der Waals surface area contributed by atoms with Gasteiger partial charge in [0.25, 0.3) is 0 Å². The second-order valence-corrected chi connectivity index (χ2v) is 9.34. The maximum Gasteiger partial charge on any atom is 0.249 e. The minimum Gasteiger partial charge on any atom is -0.497 e. The van der Waals surface area contributed by atoms with E-state index in [2.05, 4.69) is 10.3 Å². The summed E-state index contributed by atoms with van der Waals surface area (Å²) in [4.78, 5) is 33.2. The van der Waals surface area contributed by atoms with Gasteiger partial charge in [0, 0.05) is 24.4 Å². The third-order valence-electron chi connectivity index (χ3n) is 5.77. The number of carbonyl (C=O) groups is 2. The Bertz CT molecular complexity index is 1080. The Labute approximate surface area is 198 Å². The number of hydrogen-bond acceptors (Lipinski definition) is 5. The highest BCUT2D eigenvalue weighted by atomic mass is 32.1. The molecule has 4 rings (SSSR count). The van der Waals surface area contributed by atoms with Crippen molar-refractivity contribution >= 4 is 23.2 Å². The second kappa shape index (κ2) is 10.6. The first kappa shape index (κ1) is 23.0. The van der Waals surface area contributed by atoms with Crippen LogP contribution in [0.5, 0.6) is 5.75 Å². The number of hydrogen-bond donors (Lipinski definition) is 1. The Morgan fingerprint density at radius 1 is 1.12 bits per heavy atom. The van der Waals surface area contributed by atoms with Crippen LogP contribution in [0.1, 0.15) is 47.1 Å². The molecule has 0 spiro atoms. The molecule has 0 saturated heterocycles. The van der Waals surface area contributed by atoms with Crippen LogP contribution in [0.4, 0.5) is 0 Å². The predicted octanol–water partition coefficient (Wildman–Crippen LogP) is 4.44. The van der Waals surface area contributed by atoms with Gasteiger partial charge >= 0.3 is 0 Å². The molecule has 172 valence electrons. The van der Waals surface area contributed by atoms with Gasteiger partial charge in [0.15, 0.2) is 6.04 Å². The zero-order chi connectivity index (χ0) is 23.2. The van der Waals surface area contributed by atoms with E-state index >= 15 is 0 Å². The van der Waals surface area contributed by atoms with Crippen molar-refractivity contribution in [3.8, 4) is 5.75 Å². The molecule has 1 aliphatic carbocycles. The fourth-order valence-corrected chi connectivity index (χ4v) is 4.51. The standard InChI is InChI=1S/C26H29N3O3S/c1-18-28-23(17-33-18)25(26(31)27-16-20-6-4-3-5-7-20)29(21-11-12-21)24(30)15-10-19-8-13-22(32-2)14-9-19/h3-9,13-14,17,21,25H,10-12,15-16H2,1-2H3,(H,27,31). The van der Waals surface area contributed by atoms with Crippen molar-refractivity contribution < 1.29 is 14.3 Å². The maximum atomic E-state index is 13.4. The number of thiazole rings is 1. The van der Waals surface area contributed by atoms with E-state index < -0.39 is 6.04 Å². The van der Waals surface area contributed by atoms with Crippen LogP contribution in [0.15, 0.2) is 60.0 Å². The zero-order valence-electron chi connectivity index (χ0n) is 19.0. The van der Waals surface area contributed by atoms with E-state index in [4.69, 9.17) is 4.74 Å². The lowest BCUT2D eigenvalue weighted by molar-refractivity contribution is -0.141. The number of rotatable bonds is 10. The van der Waals surface area contributed by atoms with Crippen molar-refractivity contribution in [2.45, 2.75) is 51.2 Å². The van der Waals surface area contributed by atoms with E-state index in [9.17, 15) is 9.59 Å². The van der Waals surface area contributed by atoms with Gasteiger partial charge < -0.3 is 15.0 Å². The van der Waals surface area contributed by atoms with Crippen LogP contribution in [-0.2, 0) is 22.6 Å². The van der Waals surface area contributed by atoms with E-state index in [-0.39, 0.29) is 17.9 Å². The number of aryl methyl sites for hydroxylation is 2. The molecule has 33 heavy (non-hydrogen) atoms. The monoisotopic (exact) mass is 463 g/mol. The van der Waals surface area contributed by atoms with Gasteiger partial charge in [-0.3, -0.25) is 9.59 Å². The number of methoxy groups -OCH3 is 1. The Balaban J connectivity index is 1.50. The molecule has 1 aliphatic rings. The van der Waals surface area contributed by atoms with Gasteiger partial charge in [-0.05, 0) is 49.4 Å². The summed E-state index contributed by atoms with van der Waals surface area (Å²) in [5, 5.41) is 5.81. The van der Waals surface area contributed by atoms with Crippen molar-refractivity contribution in [1.29, 1.82) is 0 Å². The van der Waals surface area contributed by atoms with E-state index in [1.54, 1.807) is 12.0 Å². The summed E-state index contributed by atoms with van der Waals surface area (Å²) in [6.45, 7) is 2.33. The van der Waals surface area contributed by atoms with Crippen molar-refractivity contribution in [2.75, 3.05) is 7.11 Å². The molecule has 7 heteroatoms. The number of nitrogens with one attached hydrogen (secondary N) is 1. The number of benzene rings is 2. The third-order valence-corrected chi connectivity index (χ3v) is 6.56. The molecule has 1 fully saturated rings. The topological polar surface area (TPSA) is 71.5 Å². The number of aromatic nitrogens is 1. The lowest BCUT2D eigenvalue weighted by Crippen LogP contribution is -2.45. The SMILES string of the molecule is COc1ccc(CCC(=O)N(C2CC2)C(C(=O)NCc2ccccc2)c2csc(C)n2)cc1. The smallest absolute Gasteiger partial charge is 0.249 e. The molecule has 1 heterocycles. The second-order valence-electron chi connectivity index (χ2n) is 8.28. The van der Waals surface area contributed by atoms with E-state index in [0.29, 0.717) is 25.1 Å². The average molecular weight is 464 g/mol. The van der Waals surface area contributed by atoms with Crippen LogP contribution in [0.25, 0.3) is 0 Å². The molecule has 6 nitrogen and oxygen atoms in total. The van der Waals surface area contributed by atoms with E-state index in [1.807, 2.05) is 66.9 Å². The zero-order valence-corrected chi connectivity index (χ0v) is 19.8. The molecule has 1 N–H and O–H groups in total. The predicted molar refractivity (Wildman–Crippen MR) is 129 cm³/mol. The van der Waals surface area contributed by atoms with Gasteiger partial charge in [-0.1, -0.05) is 42.5 Å². The molecular weight excluding hydrogens is 434 g/mol. The first-order chi connectivity index (χ1) is 16.0. The maximum absolute atomic E-state index is 13.4. The molecule has 0 bridgehead atoms. The number of ether oxygens (including phenoxy) is 1. The fraction of sp³-hybridized carbons (Fsp3) is 0.346. The number of carbonyl (C=O) groups excluding carboxylic acids is 2. The first-order valence-corrected chi connectivity index (χ1v) is 12.1. The highest BCUT2D eigenvalue weighted by Gasteiger charge is 2.42. The summed E-state index contributed by atoms with van der Waals surface area (Å²) < 4.78 is 5.21. The molecule has 1 atom stereocenters. The van der Waals surface area contributed by atoms with E-state index in [0.717, 1.165) is 34.7 Å². The van der Waals surface area contributed by atoms with Gasteiger partial charge in [-0.25, -0.2) is 4.98 Å². The van der Waals surface area contributed by atoms with Crippen LogP contribution in [0.3, 0.4) is 0 Å². The summed E-state index contributed by atoms with van der Waals surface area (Å²) in [5.74, 6) is 0.589. The summed E-state index contributed by atoms with van der Waals surface area (Å²) >= 11 is 1.50. The molecule has 2 aromatic carbocycles. The molecule has 0 radical (unpaired) electrons. The van der Waals surface area contributed by atoms with Crippen molar-refractivity contribution in [2.24, 2.45) is 0 Å². The molecule has 2 amide bonds. The van der Waals surface area contributed by atoms with Gasteiger partial charge in [-0.15, -0.1) is 11.3 Å². The fourth-order valence-electron chi connectivity index (χ4n) is 3.87. The minimum atomic E-state index is -0.713. The summed E-state index contributed by atoms with van der Waals surface area (Å²) in [6.07, 6.45) is 2.79. The lowest BCUT2D eigenvalue weighted by atomic mass is 10.1. The highest BCUT2D eigenvalue weighted by molar-refractivity contribution is 7.09. The normalized spacial score (nSPS) is 13.9. The van der Waals surface area contributed by atoms with Crippen LogP contribution in [0, 0.1) is 6.92 Å². The average Bonchev–Trinajstić information content (AvgIpc) is 3.59. The molecule has 1 unspecified atom stereocenters. The third kappa shape index (κ3) is 5.99. The van der Waals surface area contributed by atoms with Gasteiger partial charge in [-0.2, -0.15) is 0 Å². The molecule has 3 aromatic rings. The Kier molecular flexibility index (Phi) is 7.40. The quantitative estimate of drug-likeness (QED) is 0.483. The Hall–Kier alpha value is -3.19. The largest absolute Gasteiger partial charge is 0.497 e. The Morgan fingerprint density at radius 2 is 1.85 bits per heavy atom. The van der Waals surface area contributed by atoms with Crippen molar-refractivity contribution in [1.82, 2.24) is 15.2 Å². The summed E-state index contributed by atoms with van der Waals surface area (Å²) in [5.41, 5.74) is 2.73. The van der Waals surface area contributed by atoms with E-state index in [1.165, 1.54) is 11.3 Å². The van der Waals surface area contributed by atoms with Gasteiger partial charge in [0.1, 0.15) is 5.75 Å². The molecule has 1 aromatic heterocycles. The van der Waals surface area contributed by atoms with Crippen LogP contribution < -0.4 is 10.1 Å². The summed E-state index contributed by atoms with van der Waals surface area (Å²) in [7, 11) is 1.63. The van der Waals surface area contributed by atoms with Crippen molar-refractivity contribution in [3.63, 3.8) is 0 Å². The van der Waals surface area contributed by atoms with Crippen LogP contribution in [-0.4, -0.2) is 34.8 Å². The van der Waals surface area contributed by atoms with Crippen LogP contribution in [0.2, 0.25) is 0 Å². The molecule has 1 saturated carbocycles. The number of amides is 2. The highest BCUT2D eigenvalue weighted by Crippen LogP contribution is 2.36. The minimum absolute atomic E-state index is 0.0150. The molecule has 0 aliphatic heterocycles. The Morgan fingerprint density at radius 3 is 2.45 bits per heavy atom. The van der Waals surface area contributed by atoms with Gasteiger partial charge in [0.05, 0.1) is 17.8 Å². The molecular formula is C26H29N3O3S. The van der Waals surface area contributed by atoms with Gasteiger partial charge in [0.2, 0.25) is 11.8 Å². The first-order valence-electron chi connectivity index (χ1n) is 11.2. The number of nitrogens with zero attached hydrogens (tertiary/aromatic N) is 2. The summed E-state index contributed by atoms with van der Waals surface area (Å²) in [6, 6.07) is 16.9. The van der Waals surface area contributed by atoms with Crippen LogP contribution >= 0.6 is 11.3 Å². The lowest BCUT2D eigenvalue weighted by Gasteiger charge is -2.30.